The Hall–Kier alpha value is -2.99. The fraction of sp³-hybridized carbons (Fsp3) is 0.364. The zero-order chi connectivity index (χ0) is 23.8. The van der Waals surface area contributed by atoms with Gasteiger partial charge in [0.1, 0.15) is 0 Å². The molecule has 0 unspecified atom stereocenters. The number of piperazine rings is 1. The van der Waals surface area contributed by atoms with Crippen LogP contribution in [-0.2, 0) is 15.0 Å². The number of rotatable bonds is 6. The minimum Gasteiger partial charge on any atom is -0.480 e. The molecule has 4 rings (SSSR count). The minimum absolute atomic E-state index is 0.127. The number of hydrogen-bond acceptors (Lipinski definition) is 5. The summed E-state index contributed by atoms with van der Waals surface area (Å²) in [5.41, 5.74) is -0.330. The van der Waals surface area contributed by atoms with Gasteiger partial charge in [-0.15, -0.1) is 4.41 Å². The van der Waals surface area contributed by atoms with Gasteiger partial charge in [-0.1, -0.05) is 55.5 Å². The standard InChI is InChI=1S/C22H27N5O5S/c1-16-19(17-8-4-2-5-9-17)22(16,20(28)29)27(33(23,31)32)26-14-12-25(13-15-26)21(30)24-18-10-6-3-7-11-18/h2-11,16,19H,12-15H2,1H3,(H,24,30)(H,28,29)(H2,23,31,32)/t16-,19-,22+/m1/s1. The Labute approximate surface area is 192 Å². The maximum atomic E-state index is 12.7. The Kier molecular flexibility index (Phi) is 6.14. The maximum Gasteiger partial charge on any atom is 0.327 e. The number of nitrogens with one attached hydrogen (secondary N) is 1. The molecular weight excluding hydrogens is 446 g/mol. The predicted molar refractivity (Wildman–Crippen MR) is 122 cm³/mol. The highest BCUT2D eigenvalue weighted by molar-refractivity contribution is 7.86. The Balaban J connectivity index is 1.54. The van der Waals surface area contributed by atoms with E-state index in [0.717, 1.165) is 9.98 Å². The molecule has 10 nitrogen and oxygen atoms in total. The minimum atomic E-state index is -4.41. The summed E-state index contributed by atoms with van der Waals surface area (Å²) in [6, 6.07) is 17.7. The number of hydrogen-bond donors (Lipinski definition) is 3. The van der Waals surface area contributed by atoms with Gasteiger partial charge in [0, 0.05) is 37.8 Å². The lowest BCUT2D eigenvalue weighted by atomic mass is 10.1. The lowest BCUT2D eigenvalue weighted by Crippen LogP contribution is -2.64. The van der Waals surface area contributed by atoms with Crippen molar-refractivity contribution in [2.75, 3.05) is 31.5 Å². The first-order chi connectivity index (χ1) is 15.7. The summed E-state index contributed by atoms with van der Waals surface area (Å²) in [6.45, 7) is 2.40. The van der Waals surface area contributed by atoms with Gasteiger partial charge in [-0.25, -0.2) is 14.9 Å². The van der Waals surface area contributed by atoms with Crippen LogP contribution < -0.4 is 10.5 Å². The summed E-state index contributed by atoms with van der Waals surface area (Å²) < 4.78 is 26.3. The number of urea groups is 1. The first kappa shape index (κ1) is 23.2. The fourth-order valence-electron chi connectivity index (χ4n) is 4.86. The zero-order valence-electron chi connectivity index (χ0n) is 18.2. The van der Waals surface area contributed by atoms with Crippen LogP contribution in [0.2, 0.25) is 0 Å². The van der Waals surface area contributed by atoms with Crippen molar-refractivity contribution in [1.82, 2.24) is 14.3 Å². The molecule has 0 radical (unpaired) electrons. The van der Waals surface area contributed by atoms with Crippen LogP contribution in [0.15, 0.2) is 60.7 Å². The van der Waals surface area contributed by atoms with Gasteiger partial charge >= 0.3 is 12.0 Å². The molecule has 4 N–H and O–H groups in total. The normalized spacial score (nSPS) is 25.6. The summed E-state index contributed by atoms with van der Waals surface area (Å²) in [5, 5.41) is 20.0. The number of anilines is 1. The van der Waals surface area contributed by atoms with Crippen molar-refractivity contribution in [3.05, 3.63) is 66.2 Å². The number of carboxylic acid groups (broad SMARTS) is 1. The largest absolute Gasteiger partial charge is 0.480 e. The molecule has 33 heavy (non-hydrogen) atoms. The number of carboxylic acids is 1. The Morgan fingerprint density at radius 1 is 1.03 bits per heavy atom. The summed E-state index contributed by atoms with van der Waals surface area (Å²) in [6.07, 6.45) is 0. The molecule has 3 atom stereocenters. The summed E-state index contributed by atoms with van der Waals surface area (Å²) in [7, 11) is -4.41. The number of carbonyl (C=O) groups is 2. The van der Waals surface area contributed by atoms with Gasteiger partial charge in [-0.3, -0.25) is 4.79 Å². The lowest BCUT2D eigenvalue weighted by Gasteiger charge is -2.42. The number of hydrazine groups is 1. The van der Waals surface area contributed by atoms with Gasteiger partial charge in [-0.2, -0.15) is 8.42 Å². The van der Waals surface area contributed by atoms with E-state index in [0.29, 0.717) is 5.69 Å². The van der Waals surface area contributed by atoms with E-state index in [4.69, 9.17) is 5.14 Å². The number of amides is 2. The topological polar surface area (TPSA) is 136 Å². The lowest BCUT2D eigenvalue weighted by molar-refractivity contribution is -0.151. The van der Waals surface area contributed by atoms with Crippen molar-refractivity contribution in [3.63, 3.8) is 0 Å². The molecule has 0 bridgehead atoms. The molecule has 2 aromatic rings. The molecule has 0 aromatic heterocycles. The molecule has 1 heterocycles. The number of aliphatic carboxylic acids is 1. The Morgan fingerprint density at radius 2 is 1.58 bits per heavy atom. The highest BCUT2D eigenvalue weighted by atomic mass is 32.2. The van der Waals surface area contributed by atoms with Crippen LogP contribution in [-0.4, -0.2) is 71.6 Å². The third-order valence-corrected chi connectivity index (χ3v) is 7.46. The molecule has 11 heteroatoms. The van der Waals surface area contributed by atoms with Gasteiger partial charge in [0.15, 0.2) is 5.54 Å². The van der Waals surface area contributed by atoms with E-state index in [1.807, 2.05) is 24.3 Å². The number of nitrogens with zero attached hydrogens (tertiary/aromatic N) is 3. The van der Waals surface area contributed by atoms with Crippen LogP contribution >= 0.6 is 0 Å². The first-order valence-electron chi connectivity index (χ1n) is 10.6. The van der Waals surface area contributed by atoms with Crippen molar-refractivity contribution in [2.45, 2.75) is 18.4 Å². The highest BCUT2D eigenvalue weighted by Gasteiger charge is 2.75. The summed E-state index contributed by atoms with van der Waals surface area (Å²) >= 11 is 0. The van der Waals surface area contributed by atoms with E-state index < -0.39 is 33.6 Å². The zero-order valence-corrected chi connectivity index (χ0v) is 19.0. The molecule has 1 saturated carbocycles. The van der Waals surface area contributed by atoms with E-state index in [1.165, 1.54) is 5.01 Å². The van der Waals surface area contributed by atoms with Crippen LogP contribution in [0.1, 0.15) is 18.4 Å². The predicted octanol–water partition coefficient (Wildman–Crippen LogP) is 1.51. The molecule has 1 saturated heterocycles. The second-order valence-electron chi connectivity index (χ2n) is 8.33. The van der Waals surface area contributed by atoms with E-state index >= 15 is 0 Å². The SMILES string of the molecule is C[C@@H]1[C@H](c2ccccc2)[C@@]1(C(=O)O)N(N1CCN(C(=O)Nc2ccccc2)CC1)S(N)(=O)=O. The third-order valence-electron chi connectivity index (χ3n) is 6.44. The van der Waals surface area contributed by atoms with Crippen LogP contribution in [0.5, 0.6) is 0 Å². The third kappa shape index (κ3) is 4.20. The second-order valence-corrected chi connectivity index (χ2v) is 9.71. The van der Waals surface area contributed by atoms with Gasteiger partial charge in [-0.05, 0) is 23.6 Å². The maximum absolute atomic E-state index is 12.7. The first-order valence-corrected chi connectivity index (χ1v) is 12.1. The number of carbonyl (C=O) groups excluding carboxylic acids is 1. The van der Waals surface area contributed by atoms with Gasteiger partial charge in [0.25, 0.3) is 10.2 Å². The average Bonchev–Trinajstić information content (AvgIpc) is 3.40. The second kappa shape index (κ2) is 8.75. The molecule has 1 aliphatic carbocycles. The van der Waals surface area contributed by atoms with E-state index in [9.17, 15) is 23.1 Å². The molecule has 2 fully saturated rings. The van der Waals surface area contributed by atoms with Gasteiger partial charge < -0.3 is 15.3 Å². The quantitative estimate of drug-likeness (QED) is 0.582. The summed E-state index contributed by atoms with van der Waals surface area (Å²) in [4.78, 5) is 26.7. The molecule has 1 aliphatic heterocycles. The van der Waals surface area contributed by atoms with Crippen LogP contribution in [0, 0.1) is 5.92 Å². The highest BCUT2D eigenvalue weighted by Crippen LogP contribution is 2.62. The smallest absolute Gasteiger partial charge is 0.327 e. The van der Waals surface area contributed by atoms with E-state index in [2.05, 4.69) is 5.32 Å². The molecular formula is C22H27N5O5S. The molecule has 2 amide bonds. The monoisotopic (exact) mass is 473 g/mol. The fourth-order valence-corrected chi connectivity index (χ4v) is 6.12. The van der Waals surface area contributed by atoms with Crippen molar-refractivity contribution in [2.24, 2.45) is 11.1 Å². The molecule has 0 spiro atoms. The summed E-state index contributed by atoms with van der Waals surface area (Å²) in [5.74, 6) is -2.29. The van der Waals surface area contributed by atoms with Gasteiger partial charge in [0.2, 0.25) is 0 Å². The van der Waals surface area contributed by atoms with Crippen LogP contribution in [0.4, 0.5) is 10.5 Å². The Morgan fingerprint density at radius 3 is 2.09 bits per heavy atom. The Bertz CT molecular complexity index is 1120. The van der Waals surface area contributed by atoms with Crippen molar-refractivity contribution in [1.29, 1.82) is 0 Å². The van der Waals surface area contributed by atoms with Crippen LogP contribution in [0.25, 0.3) is 0 Å². The molecule has 2 aliphatic rings. The number of benzene rings is 2. The number of para-hydroxylation sites is 1. The van der Waals surface area contributed by atoms with Gasteiger partial charge in [0.05, 0.1) is 0 Å². The molecule has 176 valence electrons. The van der Waals surface area contributed by atoms with E-state index in [-0.39, 0.29) is 32.2 Å². The van der Waals surface area contributed by atoms with Crippen molar-refractivity contribution in [3.8, 4) is 0 Å². The molecule has 2 aromatic carbocycles. The van der Waals surface area contributed by atoms with Crippen molar-refractivity contribution >= 4 is 27.9 Å². The van der Waals surface area contributed by atoms with Crippen molar-refractivity contribution < 1.29 is 23.1 Å². The number of nitrogens with two attached hydrogens (primary N) is 1. The average molecular weight is 474 g/mol. The van der Waals surface area contributed by atoms with E-state index in [1.54, 1.807) is 48.2 Å². The van der Waals surface area contributed by atoms with Crippen LogP contribution in [0.3, 0.4) is 0 Å².